The molecule has 2 aromatic carbocycles. The summed E-state index contributed by atoms with van der Waals surface area (Å²) in [6.07, 6.45) is 3.96. The summed E-state index contributed by atoms with van der Waals surface area (Å²) in [4.78, 5) is 16.6. The van der Waals surface area contributed by atoms with E-state index in [0.29, 0.717) is 12.1 Å². The molecule has 138 valence electrons. The zero-order valence-corrected chi connectivity index (χ0v) is 15.8. The van der Waals surface area contributed by atoms with E-state index in [2.05, 4.69) is 47.7 Å². The van der Waals surface area contributed by atoms with E-state index in [1.54, 1.807) is 6.20 Å². The van der Waals surface area contributed by atoms with Gasteiger partial charge in [0.05, 0.1) is 18.3 Å². The first kappa shape index (κ1) is 18.6. The quantitative estimate of drug-likeness (QED) is 0.615. The molecule has 4 nitrogen and oxygen atoms in total. The van der Waals surface area contributed by atoms with E-state index in [0.717, 1.165) is 29.9 Å². The Bertz CT molecular complexity index is 867. The molecule has 3 aromatic rings. The number of anilines is 3. The number of amides is 1. The van der Waals surface area contributed by atoms with Crippen molar-refractivity contribution < 1.29 is 4.79 Å². The summed E-state index contributed by atoms with van der Waals surface area (Å²) < 4.78 is 0. The van der Waals surface area contributed by atoms with Gasteiger partial charge in [0.25, 0.3) is 0 Å². The third kappa shape index (κ3) is 4.94. The summed E-state index contributed by atoms with van der Waals surface area (Å²) >= 11 is 0. The Kier molecular flexibility index (Phi) is 6.21. The van der Waals surface area contributed by atoms with Crippen LogP contribution in [0, 0.1) is 0 Å². The van der Waals surface area contributed by atoms with E-state index in [4.69, 9.17) is 0 Å². The predicted molar refractivity (Wildman–Crippen MR) is 111 cm³/mol. The Morgan fingerprint density at radius 3 is 2.19 bits per heavy atom. The maximum Gasteiger partial charge on any atom is 0.228 e. The summed E-state index contributed by atoms with van der Waals surface area (Å²) in [5.41, 5.74) is 5.37. The van der Waals surface area contributed by atoms with Crippen LogP contribution in [-0.4, -0.2) is 10.9 Å². The van der Waals surface area contributed by atoms with Crippen LogP contribution in [0.3, 0.4) is 0 Å². The topological polar surface area (TPSA) is 54.0 Å². The van der Waals surface area contributed by atoms with Crippen molar-refractivity contribution in [3.05, 3.63) is 83.6 Å². The molecule has 0 spiro atoms. The number of pyridine rings is 1. The van der Waals surface area contributed by atoms with Crippen molar-refractivity contribution >= 4 is 23.1 Å². The third-order valence-corrected chi connectivity index (χ3v) is 4.51. The van der Waals surface area contributed by atoms with E-state index in [1.807, 2.05) is 42.5 Å². The van der Waals surface area contributed by atoms with Crippen LogP contribution in [0.2, 0.25) is 0 Å². The molecule has 0 radical (unpaired) electrons. The van der Waals surface area contributed by atoms with Crippen molar-refractivity contribution in [1.29, 1.82) is 0 Å². The predicted octanol–water partition coefficient (Wildman–Crippen LogP) is 5.13. The maximum absolute atomic E-state index is 12.2. The zero-order valence-electron chi connectivity index (χ0n) is 15.8. The second-order valence-corrected chi connectivity index (χ2v) is 6.43. The van der Waals surface area contributed by atoms with Crippen LogP contribution in [0.15, 0.2) is 66.9 Å². The number of carbonyl (C=O) groups is 1. The smallest absolute Gasteiger partial charge is 0.228 e. The first-order valence-corrected chi connectivity index (χ1v) is 9.37. The largest absolute Gasteiger partial charge is 0.340 e. The summed E-state index contributed by atoms with van der Waals surface area (Å²) in [6.45, 7) is 4.30. The minimum Gasteiger partial charge on any atom is -0.340 e. The highest BCUT2D eigenvalue weighted by atomic mass is 16.1. The molecule has 3 rings (SSSR count). The third-order valence-electron chi connectivity index (χ3n) is 4.51. The fourth-order valence-corrected chi connectivity index (χ4v) is 3.06. The van der Waals surface area contributed by atoms with E-state index in [-0.39, 0.29) is 5.91 Å². The summed E-state index contributed by atoms with van der Waals surface area (Å²) in [6, 6.07) is 19.8. The van der Waals surface area contributed by atoms with Gasteiger partial charge in [-0.15, -0.1) is 0 Å². The van der Waals surface area contributed by atoms with E-state index >= 15 is 0 Å². The lowest BCUT2D eigenvalue weighted by atomic mass is 10.0. The summed E-state index contributed by atoms with van der Waals surface area (Å²) in [7, 11) is 0. The van der Waals surface area contributed by atoms with Gasteiger partial charge in [0, 0.05) is 5.69 Å². The van der Waals surface area contributed by atoms with Gasteiger partial charge in [-0.1, -0.05) is 62.4 Å². The van der Waals surface area contributed by atoms with Gasteiger partial charge in [0.1, 0.15) is 5.82 Å². The fraction of sp³-hybridized carbons (Fsp3) is 0.217. The standard InChI is InChI=1S/C23H25N3O/c1-3-18-11-8-12-19(4-2)23(18)26-21-14-13-20(16-24-21)25-22(27)15-17-9-6-5-7-10-17/h5-14,16H,3-4,15H2,1-2H3,(H,24,26)(H,25,27). The SMILES string of the molecule is CCc1cccc(CC)c1Nc1ccc(NC(=O)Cc2ccccc2)cn1. The minimum atomic E-state index is -0.0479. The zero-order chi connectivity index (χ0) is 19.1. The van der Waals surface area contributed by atoms with Crippen molar-refractivity contribution in [2.45, 2.75) is 33.1 Å². The molecule has 1 aromatic heterocycles. The molecule has 4 heteroatoms. The normalized spacial score (nSPS) is 10.4. The lowest BCUT2D eigenvalue weighted by Crippen LogP contribution is -2.14. The first-order valence-electron chi connectivity index (χ1n) is 9.37. The Balaban J connectivity index is 1.67. The molecule has 2 N–H and O–H groups in total. The highest BCUT2D eigenvalue weighted by Crippen LogP contribution is 2.26. The number of aryl methyl sites for hydroxylation is 2. The molecule has 0 aliphatic carbocycles. The van der Waals surface area contributed by atoms with Crippen LogP contribution in [0.25, 0.3) is 0 Å². The van der Waals surface area contributed by atoms with E-state index in [9.17, 15) is 4.79 Å². The number of para-hydroxylation sites is 1. The second kappa shape index (κ2) is 8.99. The Hall–Kier alpha value is -3.14. The molecule has 27 heavy (non-hydrogen) atoms. The van der Waals surface area contributed by atoms with Gasteiger partial charge in [-0.3, -0.25) is 4.79 Å². The summed E-state index contributed by atoms with van der Waals surface area (Å²) in [5.74, 6) is 0.722. The van der Waals surface area contributed by atoms with E-state index in [1.165, 1.54) is 11.1 Å². The van der Waals surface area contributed by atoms with Crippen LogP contribution >= 0.6 is 0 Å². The van der Waals surface area contributed by atoms with Gasteiger partial charge in [-0.05, 0) is 41.7 Å². The lowest BCUT2D eigenvalue weighted by molar-refractivity contribution is -0.115. The van der Waals surface area contributed by atoms with Crippen molar-refractivity contribution in [3.8, 4) is 0 Å². The molecule has 0 bridgehead atoms. The fourth-order valence-electron chi connectivity index (χ4n) is 3.06. The van der Waals surface area contributed by atoms with Crippen LogP contribution in [0.1, 0.15) is 30.5 Å². The maximum atomic E-state index is 12.2. The molecule has 0 aliphatic rings. The van der Waals surface area contributed by atoms with Crippen molar-refractivity contribution in [1.82, 2.24) is 4.98 Å². The molecule has 0 unspecified atom stereocenters. The van der Waals surface area contributed by atoms with E-state index < -0.39 is 0 Å². The number of carbonyl (C=O) groups excluding carboxylic acids is 1. The number of rotatable bonds is 7. The second-order valence-electron chi connectivity index (χ2n) is 6.43. The van der Waals surface area contributed by atoms with Gasteiger partial charge < -0.3 is 10.6 Å². The van der Waals surface area contributed by atoms with Gasteiger partial charge in [-0.25, -0.2) is 4.98 Å². The van der Waals surface area contributed by atoms with Gasteiger partial charge in [0.15, 0.2) is 0 Å². The molecule has 0 saturated carbocycles. The summed E-state index contributed by atoms with van der Waals surface area (Å²) in [5, 5.41) is 6.34. The number of nitrogens with one attached hydrogen (secondary N) is 2. The first-order chi connectivity index (χ1) is 13.2. The Morgan fingerprint density at radius 2 is 1.59 bits per heavy atom. The molecule has 0 aliphatic heterocycles. The van der Waals surface area contributed by atoms with Gasteiger partial charge in [0.2, 0.25) is 5.91 Å². The van der Waals surface area contributed by atoms with Crippen molar-refractivity contribution in [2.75, 3.05) is 10.6 Å². The highest BCUT2D eigenvalue weighted by molar-refractivity contribution is 5.92. The molecule has 0 atom stereocenters. The molecular formula is C23H25N3O. The molecular weight excluding hydrogens is 334 g/mol. The Labute approximate surface area is 160 Å². The number of hydrogen-bond donors (Lipinski definition) is 2. The van der Waals surface area contributed by atoms with Crippen LogP contribution in [-0.2, 0) is 24.1 Å². The number of hydrogen-bond acceptors (Lipinski definition) is 3. The monoisotopic (exact) mass is 359 g/mol. The van der Waals surface area contributed by atoms with Crippen LogP contribution < -0.4 is 10.6 Å². The van der Waals surface area contributed by atoms with Gasteiger partial charge in [-0.2, -0.15) is 0 Å². The average molecular weight is 359 g/mol. The van der Waals surface area contributed by atoms with Crippen LogP contribution in [0.4, 0.5) is 17.2 Å². The number of aromatic nitrogens is 1. The molecule has 1 heterocycles. The van der Waals surface area contributed by atoms with Gasteiger partial charge >= 0.3 is 0 Å². The number of benzene rings is 2. The highest BCUT2D eigenvalue weighted by Gasteiger charge is 2.08. The lowest BCUT2D eigenvalue weighted by Gasteiger charge is -2.15. The molecule has 0 fully saturated rings. The molecule has 1 amide bonds. The Morgan fingerprint density at radius 1 is 0.889 bits per heavy atom. The molecule has 0 saturated heterocycles. The average Bonchev–Trinajstić information content (AvgIpc) is 2.70. The van der Waals surface area contributed by atoms with Crippen molar-refractivity contribution in [3.63, 3.8) is 0 Å². The van der Waals surface area contributed by atoms with Crippen LogP contribution in [0.5, 0.6) is 0 Å². The van der Waals surface area contributed by atoms with Crippen molar-refractivity contribution in [2.24, 2.45) is 0 Å². The minimum absolute atomic E-state index is 0.0479. The number of nitrogens with zero attached hydrogens (tertiary/aromatic N) is 1.